The lowest BCUT2D eigenvalue weighted by atomic mass is 9.96. The second-order valence-corrected chi connectivity index (χ2v) is 8.34. The maximum Gasteiger partial charge on any atom is 0.339 e. The van der Waals surface area contributed by atoms with Crippen LogP contribution in [0.5, 0.6) is 0 Å². The number of hydrogen-bond acceptors (Lipinski definition) is 5. The number of carbonyl (C=O) groups excluding carboxylic acids is 2. The van der Waals surface area contributed by atoms with Gasteiger partial charge in [0.15, 0.2) is 11.2 Å². The van der Waals surface area contributed by atoms with Crippen molar-refractivity contribution in [3.8, 4) is 0 Å². The normalized spacial score (nSPS) is 15.5. The van der Waals surface area contributed by atoms with Crippen molar-refractivity contribution in [1.29, 1.82) is 0 Å². The maximum atomic E-state index is 12.6. The Morgan fingerprint density at radius 2 is 1.97 bits per heavy atom. The number of esters is 1. The molecule has 1 aliphatic heterocycles. The molecular formula is C23H22N2O3S. The first-order valence-corrected chi connectivity index (χ1v) is 10.5. The molecule has 0 aliphatic carbocycles. The Labute approximate surface area is 173 Å². The molecule has 0 saturated heterocycles. The highest BCUT2D eigenvalue weighted by Gasteiger charge is 2.31. The molecule has 1 atom stereocenters. The lowest BCUT2D eigenvalue weighted by molar-refractivity contribution is -0.125. The zero-order chi connectivity index (χ0) is 20.4. The van der Waals surface area contributed by atoms with Gasteiger partial charge in [-0.1, -0.05) is 48.9 Å². The molecule has 148 valence electrons. The first kappa shape index (κ1) is 19.3. The number of aryl methyl sites for hydroxylation is 2. The van der Waals surface area contributed by atoms with E-state index in [4.69, 9.17) is 4.74 Å². The number of nitrogens with one attached hydrogen (secondary N) is 1. The summed E-state index contributed by atoms with van der Waals surface area (Å²) >= 11 is 1.43. The largest absolute Gasteiger partial charge is 0.448 e. The molecule has 1 aromatic heterocycles. The van der Waals surface area contributed by atoms with E-state index in [2.05, 4.69) is 41.5 Å². The van der Waals surface area contributed by atoms with Crippen LogP contribution in [0, 0.1) is 6.92 Å². The molecule has 0 fully saturated rings. The van der Waals surface area contributed by atoms with Gasteiger partial charge in [0.05, 0.1) is 5.56 Å². The van der Waals surface area contributed by atoms with Crippen molar-refractivity contribution in [2.45, 2.75) is 39.2 Å². The third kappa shape index (κ3) is 4.38. The van der Waals surface area contributed by atoms with Gasteiger partial charge in [0.1, 0.15) is 0 Å². The van der Waals surface area contributed by atoms with E-state index in [9.17, 15) is 9.59 Å². The van der Waals surface area contributed by atoms with Gasteiger partial charge in [-0.05, 0) is 36.1 Å². The summed E-state index contributed by atoms with van der Waals surface area (Å²) in [6, 6.07) is 14.1. The van der Waals surface area contributed by atoms with Crippen LogP contribution in [0.15, 0.2) is 48.7 Å². The fourth-order valence-electron chi connectivity index (χ4n) is 3.37. The minimum atomic E-state index is -0.841. The van der Waals surface area contributed by atoms with Crippen LogP contribution in [0.25, 0.3) is 0 Å². The summed E-state index contributed by atoms with van der Waals surface area (Å²) < 4.78 is 5.35. The number of rotatable bonds is 5. The van der Waals surface area contributed by atoms with E-state index in [0.717, 1.165) is 28.8 Å². The molecule has 0 bridgehead atoms. The number of amides is 1. The lowest BCUT2D eigenvalue weighted by Gasteiger charge is -2.23. The number of aromatic nitrogens is 1. The van der Waals surface area contributed by atoms with Gasteiger partial charge in [-0.15, -0.1) is 11.3 Å². The predicted octanol–water partition coefficient (Wildman–Crippen LogP) is 4.32. The summed E-state index contributed by atoms with van der Waals surface area (Å²) in [4.78, 5) is 30.2. The highest BCUT2D eigenvalue weighted by molar-refractivity contribution is 7.15. The zero-order valence-electron chi connectivity index (χ0n) is 16.4. The maximum absolute atomic E-state index is 12.6. The standard InChI is InChI=1S/C23H22N2O3S/c1-3-15-5-7-16(8-6-15)11-18-13-24-23(29-18)25-21(26)20-12-17-9-4-14(2)10-19(17)22(27)28-20/h4-10,13,20H,3,11-12H2,1-2H3,(H,24,25,26)/t20-/m1/s1. The number of nitrogens with zero attached hydrogens (tertiary/aromatic N) is 1. The van der Waals surface area contributed by atoms with Crippen LogP contribution in [0.2, 0.25) is 0 Å². The monoisotopic (exact) mass is 406 g/mol. The molecule has 0 spiro atoms. The van der Waals surface area contributed by atoms with Gasteiger partial charge in [0, 0.05) is 23.9 Å². The summed E-state index contributed by atoms with van der Waals surface area (Å²) in [5, 5.41) is 3.30. The number of hydrogen-bond donors (Lipinski definition) is 1. The summed E-state index contributed by atoms with van der Waals surface area (Å²) in [6.07, 6.45) is 3.09. The quantitative estimate of drug-likeness (QED) is 0.641. The average Bonchev–Trinajstić information content (AvgIpc) is 3.15. The molecule has 5 nitrogen and oxygen atoms in total. The average molecular weight is 407 g/mol. The fourth-order valence-corrected chi connectivity index (χ4v) is 4.22. The Hall–Kier alpha value is -2.99. The van der Waals surface area contributed by atoms with Crippen LogP contribution >= 0.6 is 11.3 Å². The van der Waals surface area contributed by atoms with Crippen LogP contribution in [0.3, 0.4) is 0 Å². The van der Waals surface area contributed by atoms with Crippen molar-refractivity contribution in [2.75, 3.05) is 5.32 Å². The number of fused-ring (bicyclic) bond motifs is 1. The topological polar surface area (TPSA) is 68.3 Å². The fraction of sp³-hybridized carbons (Fsp3) is 0.261. The van der Waals surface area contributed by atoms with Gasteiger partial charge in [-0.25, -0.2) is 9.78 Å². The van der Waals surface area contributed by atoms with Gasteiger partial charge >= 0.3 is 5.97 Å². The van der Waals surface area contributed by atoms with E-state index in [-0.39, 0.29) is 5.91 Å². The van der Waals surface area contributed by atoms with Gasteiger partial charge in [-0.2, -0.15) is 0 Å². The molecule has 3 aromatic rings. The van der Waals surface area contributed by atoms with Crippen molar-refractivity contribution in [3.63, 3.8) is 0 Å². The second-order valence-electron chi connectivity index (χ2n) is 7.23. The second kappa shape index (κ2) is 8.17. The number of ether oxygens (including phenoxy) is 1. The SMILES string of the molecule is CCc1ccc(Cc2cnc(NC(=O)[C@H]3Cc4ccc(C)cc4C(=O)O3)s2)cc1. The van der Waals surface area contributed by atoms with Gasteiger partial charge in [0.2, 0.25) is 0 Å². The minimum Gasteiger partial charge on any atom is -0.448 e. The number of carbonyl (C=O) groups is 2. The summed E-state index contributed by atoms with van der Waals surface area (Å²) in [5.41, 5.74) is 4.88. The van der Waals surface area contributed by atoms with Gasteiger partial charge < -0.3 is 4.74 Å². The summed E-state index contributed by atoms with van der Waals surface area (Å²) in [7, 11) is 0. The van der Waals surface area contributed by atoms with Gasteiger partial charge in [0.25, 0.3) is 5.91 Å². The van der Waals surface area contributed by atoms with E-state index in [1.54, 1.807) is 12.3 Å². The lowest BCUT2D eigenvalue weighted by Crippen LogP contribution is -2.38. The van der Waals surface area contributed by atoms with E-state index < -0.39 is 12.1 Å². The molecule has 0 saturated carbocycles. The van der Waals surface area contributed by atoms with Crippen molar-refractivity contribution in [1.82, 2.24) is 4.98 Å². The van der Waals surface area contributed by atoms with Crippen molar-refractivity contribution >= 4 is 28.3 Å². The van der Waals surface area contributed by atoms with Crippen molar-refractivity contribution < 1.29 is 14.3 Å². The molecule has 0 radical (unpaired) electrons. The van der Waals surface area contributed by atoms with Crippen LogP contribution in [0.4, 0.5) is 5.13 Å². The third-order valence-electron chi connectivity index (χ3n) is 5.03. The van der Waals surface area contributed by atoms with E-state index >= 15 is 0 Å². The van der Waals surface area contributed by atoms with Crippen LogP contribution < -0.4 is 5.32 Å². The van der Waals surface area contributed by atoms with E-state index in [1.165, 1.54) is 22.5 Å². The Kier molecular flexibility index (Phi) is 5.45. The number of cyclic esters (lactones) is 1. The number of benzene rings is 2. The van der Waals surface area contributed by atoms with Crippen LogP contribution in [-0.4, -0.2) is 23.0 Å². The molecular weight excluding hydrogens is 384 g/mol. The first-order chi connectivity index (χ1) is 14.0. The number of thiazole rings is 1. The van der Waals surface area contributed by atoms with Crippen LogP contribution in [0.1, 0.15) is 44.4 Å². The molecule has 29 heavy (non-hydrogen) atoms. The number of anilines is 1. The first-order valence-electron chi connectivity index (χ1n) is 9.65. The minimum absolute atomic E-state index is 0.349. The zero-order valence-corrected chi connectivity index (χ0v) is 17.2. The van der Waals surface area contributed by atoms with E-state index in [1.807, 2.05) is 19.1 Å². The molecule has 1 amide bonds. The molecule has 1 aliphatic rings. The summed E-state index contributed by atoms with van der Waals surface area (Å²) in [5.74, 6) is -0.803. The van der Waals surface area contributed by atoms with Crippen LogP contribution in [-0.2, 0) is 28.8 Å². The van der Waals surface area contributed by atoms with E-state index in [0.29, 0.717) is 17.1 Å². The Balaban J connectivity index is 1.40. The third-order valence-corrected chi connectivity index (χ3v) is 5.94. The highest BCUT2D eigenvalue weighted by atomic mass is 32.1. The Morgan fingerprint density at radius 3 is 2.72 bits per heavy atom. The smallest absolute Gasteiger partial charge is 0.339 e. The van der Waals surface area contributed by atoms with Gasteiger partial charge in [-0.3, -0.25) is 10.1 Å². The predicted molar refractivity (Wildman–Crippen MR) is 113 cm³/mol. The molecule has 0 unspecified atom stereocenters. The molecule has 2 heterocycles. The highest BCUT2D eigenvalue weighted by Crippen LogP contribution is 2.25. The Morgan fingerprint density at radius 1 is 1.21 bits per heavy atom. The molecule has 1 N–H and O–H groups in total. The molecule has 2 aromatic carbocycles. The van der Waals surface area contributed by atoms with Crippen molar-refractivity contribution in [2.24, 2.45) is 0 Å². The molecule has 6 heteroatoms. The summed E-state index contributed by atoms with van der Waals surface area (Å²) in [6.45, 7) is 4.06. The molecule has 4 rings (SSSR count). The Bertz CT molecular complexity index is 1060. The van der Waals surface area contributed by atoms with Crippen molar-refractivity contribution in [3.05, 3.63) is 81.4 Å².